The van der Waals surface area contributed by atoms with Crippen molar-refractivity contribution in [1.82, 2.24) is 0 Å². The number of unbranched alkanes of at least 4 members (excludes halogenated alkanes) is 24. The van der Waals surface area contributed by atoms with Gasteiger partial charge in [-0.3, -0.25) is 0 Å². The van der Waals surface area contributed by atoms with Gasteiger partial charge in [0.1, 0.15) is 0 Å². The van der Waals surface area contributed by atoms with Crippen LogP contribution < -0.4 is 0 Å². The smallest absolute Gasteiger partial charge is 0.0351 e. The Morgan fingerprint density at radius 2 is 0.467 bits per heavy atom. The summed E-state index contributed by atoms with van der Waals surface area (Å²) in [4.78, 5) is 0. The van der Waals surface area contributed by atoms with Crippen LogP contribution in [0.25, 0.3) is 0 Å². The van der Waals surface area contributed by atoms with E-state index in [-0.39, 0.29) is 0 Å². The molecular formula is C30H60. The second kappa shape index (κ2) is 28.7. The molecule has 0 radical (unpaired) electrons. The summed E-state index contributed by atoms with van der Waals surface area (Å²) in [7, 11) is 0. The van der Waals surface area contributed by atoms with E-state index < -0.39 is 0 Å². The highest BCUT2D eigenvalue weighted by Gasteiger charge is 1.94. The Kier molecular flexibility index (Phi) is 28.5. The summed E-state index contributed by atoms with van der Waals surface area (Å²) in [6.07, 6.45) is 42.4. The van der Waals surface area contributed by atoms with Gasteiger partial charge in [-0.1, -0.05) is 167 Å². The van der Waals surface area contributed by atoms with Gasteiger partial charge in [0.2, 0.25) is 0 Å². The molecule has 0 nitrogen and oxygen atoms in total. The van der Waals surface area contributed by atoms with Gasteiger partial charge in [0.05, 0.1) is 0 Å². The first-order valence-corrected chi connectivity index (χ1v) is 14.6. The molecular weight excluding hydrogens is 360 g/mol. The lowest BCUT2D eigenvalue weighted by atomic mass is 10.0. The molecule has 30 heavy (non-hydrogen) atoms. The van der Waals surface area contributed by atoms with E-state index in [4.69, 9.17) is 0 Å². The third-order valence-electron chi connectivity index (χ3n) is 6.62. The molecule has 0 aromatic carbocycles. The van der Waals surface area contributed by atoms with Gasteiger partial charge in [-0.15, -0.1) is 0 Å². The normalized spacial score (nSPS) is 11.7. The van der Waals surface area contributed by atoms with Crippen LogP contribution in [0.2, 0.25) is 0 Å². The van der Waals surface area contributed by atoms with Gasteiger partial charge in [-0.05, 0) is 25.7 Å². The molecule has 0 heteroatoms. The Morgan fingerprint density at radius 1 is 0.267 bits per heavy atom. The minimum atomic E-state index is 1.31. The van der Waals surface area contributed by atoms with Gasteiger partial charge in [-0.2, -0.15) is 0 Å². The third kappa shape index (κ3) is 27.7. The average molecular weight is 421 g/mol. The summed E-state index contributed by atoms with van der Waals surface area (Å²) in [5.74, 6) is 0. The van der Waals surface area contributed by atoms with Crippen molar-refractivity contribution in [2.24, 2.45) is 0 Å². The average Bonchev–Trinajstić information content (AvgIpc) is 2.76. The van der Waals surface area contributed by atoms with Gasteiger partial charge < -0.3 is 0 Å². The number of hydrogen-bond donors (Lipinski definition) is 0. The zero-order valence-corrected chi connectivity index (χ0v) is 21.5. The van der Waals surface area contributed by atoms with Crippen LogP contribution in [0, 0.1) is 0 Å². The Labute approximate surface area is 193 Å². The van der Waals surface area contributed by atoms with E-state index in [2.05, 4.69) is 26.0 Å². The SMILES string of the molecule is CCCCCCCCCCCCCC=CCCCCCCCCCCCCCCC. The Bertz CT molecular complexity index is 303. The first-order valence-electron chi connectivity index (χ1n) is 14.6. The maximum absolute atomic E-state index is 2.45. The summed E-state index contributed by atoms with van der Waals surface area (Å²) in [5, 5.41) is 0. The summed E-state index contributed by atoms with van der Waals surface area (Å²) in [5.41, 5.74) is 0. The fourth-order valence-corrected chi connectivity index (χ4v) is 4.44. The lowest BCUT2D eigenvalue weighted by Gasteiger charge is -2.02. The van der Waals surface area contributed by atoms with Crippen molar-refractivity contribution < 1.29 is 0 Å². The Balaban J connectivity index is 3.06. The van der Waals surface area contributed by atoms with Crippen LogP contribution in [0.15, 0.2) is 12.2 Å². The van der Waals surface area contributed by atoms with Crippen molar-refractivity contribution in [2.45, 2.75) is 181 Å². The summed E-state index contributed by atoms with van der Waals surface area (Å²) in [6, 6.07) is 0. The monoisotopic (exact) mass is 420 g/mol. The molecule has 0 aromatic heterocycles. The van der Waals surface area contributed by atoms with Crippen molar-refractivity contribution in [1.29, 1.82) is 0 Å². The molecule has 0 heterocycles. The quantitative estimate of drug-likeness (QED) is 0.0963. The van der Waals surface area contributed by atoms with E-state index in [1.807, 2.05) is 0 Å². The maximum Gasteiger partial charge on any atom is -0.0351 e. The molecule has 0 saturated heterocycles. The van der Waals surface area contributed by atoms with E-state index >= 15 is 0 Å². The fraction of sp³-hybridized carbons (Fsp3) is 0.933. The molecule has 0 spiro atoms. The molecule has 0 amide bonds. The van der Waals surface area contributed by atoms with Crippen molar-refractivity contribution in [2.75, 3.05) is 0 Å². The zero-order valence-electron chi connectivity index (χ0n) is 21.5. The maximum atomic E-state index is 2.45. The van der Waals surface area contributed by atoms with E-state index in [9.17, 15) is 0 Å². The fourth-order valence-electron chi connectivity index (χ4n) is 4.44. The first-order chi connectivity index (χ1) is 14.9. The van der Waals surface area contributed by atoms with Crippen LogP contribution >= 0.6 is 0 Å². The Morgan fingerprint density at radius 3 is 0.700 bits per heavy atom. The van der Waals surface area contributed by atoms with Crippen LogP contribution in [-0.4, -0.2) is 0 Å². The molecule has 0 aliphatic rings. The minimum absolute atomic E-state index is 1.31. The van der Waals surface area contributed by atoms with E-state index in [1.165, 1.54) is 167 Å². The highest BCUT2D eigenvalue weighted by atomic mass is 14.0. The lowest BCUT2D eigenvalue weighted by molar-refractivity contribution is 0.540. The van der Waals surface area contributed by atoms with Crippen LogP contribution in [0.1, 0.15) is 181 Å². The first kappa shape index (κ1) is 29.7. The van der Waals surface area contributed by atoms with Crippen molar-refractivity contribution in [3.05, 3.63) is 12.2 Å². The largest absolute Gasteiger partial charge is 0.0885 e. The summed E-state index contributed by atoms with van der Waals surface area (Å²) < 4.78 is 0. The topological polar surface area (TPSA) is 0 Å². The molecule has 0 unspecified atom stereocenters. The van der Waals surface area contributed by atoms with Gasteiger partial charge in [-0.25, -0.2) is 0 Å². The van der Waals surface area contributed by atoms with Gasteiger partial charge in [0.25, 0.3) is 0 Å². The van der Waals surface area contributed by atoms with E-state index in [1.54, 1.807) is 0 Å². The van der Waals surface area contributed by atoms with Crippen LogP contribution in [0.5, 0.6) is 0 Å². The standard InChI is InChI=1S/C30H60/c1-3-5-7-9-11-13-15-17-19-21-23-25-27-29-30-28-26-24-22-20-18-16-14-12-10-8-6-4-2/h27,29H,3-26,28,30H2,1-2H3. The zero-order chi connectivity index (χ0) is 21.8. The number of hydrogen-bond acceptors (Lipinski definition) is 0. The molecule has 0 aliphatic heterocycles. The molecule has 0 rings (SSSR count). The van der Waals surface area contributed by atoms with E-state index in [0.29, 0.717) is 0 Å². The summed E-state index contributed by atoms with van der Waals surface area (Å²) >= 11 is 0. The molecule has 0 aromatic rings. The minimum Gasteiger partial charge on any atom is -0.0885 e. The highest BCUT2D eigenvalue weighted by Crippen LogP contribution is 2.14. The highest BCUT2D eigenvalue weighted by molar-refractivity contribution is 4.81. The predicted molar refractivity (Wildman–Crippen MR) is 141 cm³/mol. The Hall–Kier alpha value is -0.260. The van der Waals surface area contributed by atoms with Crippen molar-refractivity contribution >= 4 is 0 Å². The summed E-state index contributed by atoms with van der Waals surface area (Å²) in [6.45, 7) is 4.60. The molecule has 180 valence electrons. The van der Waals surface area contributed by atoms with Gasteiger partial charge >= 0.3 is 0 Å². The second-order valence-electron chi connectivity index (χ2n) is 9.83. The number of allylic oxidation sites excluding steroid dienone is 2. The molecule has 0 bridgehead atoms. The van der Waals surface area contributed by atoms with Gasteiger partial charge in [0.15, 0.2) is 0 Å². The molecule has 0 aliphatic carbocycles. The third-order valence-corrected chi connectivity index (χ3v) is 6.62. The van der Waals surface area contributed by atoms with Crippen LogP contribution in [0.3, 0.4) is 0 Å². The van der Waals surface area contributed by atoms with Crippen LogP contribution in [-0.2, 0) is 0 Å². The molecule has 0 saturated carbocycles. The van der Waals surface area contributed by atoms with Crippen molar-refractivity contribution in [3.8, 4) is 0 Å². The predicted octanol–water partition coefficient (Wildman–Crippen LogP) is 11.7. The van der Waals surface area contributed by atoms with Crippen LogP contribution in [0.4, 0.5) is 0 Å². The number of rotatable bonds is 26. The molecule has 0 N–H and O–H groups in total. The molecule has 0 fully saturated rings. The van der Waals surface area contributed by atoms with E-state index in [0.717, 1.165) is 0 Å². The van der Waals surface area contributed by atoms with Gasteiger partial charge in [0, 0.05) is 0 Å². The molecule has 0 atom stereocenters. The lowest BCUT2D eigenvalue weighted by Crippen LogP contribution is -1.83. The van der Waals surface area contributed by atoms with Crippen molar-refractivity contribution in [3.63, 3.8) is 0 Å². The second-order valence-corrected chi connectivity index (χ2v) is 9.83.